The summed E-state index contributed by atoms with van der Waals surface area (Å²) in [5.41, 5.74) is 2.71. The number of carbonyl (C=O) groups is 1. The molecule has 1 N–H and O–H groups in total. The van der Waals surface area contributed by atoms with Gasteiger partial charge in [-0.1, -0.05) is 30.3 Å². The van der Waals surface area contributed by atoms with Gasteiger partial charge in [-0.3, -0.25) is 0 Å². The SMILES string of the molecule is CCOC(Cc1ccc(OCCc2nc(-c3ccccc3)oc2C)cc1)C(=O)O. The van der Waals surface area contributed by atoms with Gasteiger partial charge in [0.1, 0.15) is 11.5 Å². The molecule has 3 rings (SSSR count). The maximum absolute atomic E-state index is 11.2. The third-order valence-corrected chi connectivity index (χ3v) is 4.51. The Bertz CT molecular complexity index is 918. The number of rotatable bonds is 10. The molecule has 0 aliphatic rings. The highest BCUT2D eigenvalue weighted by Crippen LogP contribution is 2.22. The Morgan fingerprint density at radius 2 is 1.86 bits per heavy atom. The third-order valence-electron chi connectivity index (χ3n) is 4.51. The molecule has 1 atom stereocenters. The second-order valence-electron chi connectivity index (χ2n) is 6.62. The van der Waals surface area contributed by atoms with Gasteiger partial charge >= 0.3 is 5.97 Å². The molecule has 6 heteroatoms. The van der Waals surface area contributed by atoms with Crippen molar-refractivity contribution in [1.29, 1.82) is 0 Å². The topological polar surface area (TPSA) is 81.8 Å². The molecule has 29 heavy (non-hydrogen) atoms. The van der Waals surface area contributed by atoms with Crippen molar-refractivity contribution in [1.82, 2.24) is 4.98 Å². The molecule has 0 aliphatic carbocycles. The van der Waals surface area contributed by atoms with Crippen LogP contribution in [-0.4, -0.2) is 35.4 Å². The van der Waals surface area contributed by atoms with Crippen LogP contribution in [0.3, 0.4) is 0 Å². The number of aryl methyl sites for hydroxylation is 1. The minimum atomic E-state index is -0.954. The predicted molar refractivity (Wildman–Crippen MR) is 109 cm³/mol. The summed E-state index contributed by atoms with van der Waals surface area (Å²) >= 11 is 0. The van der Waals surface area contributed by atoms with E-state index in [1.807, 2.05) is 61.5 Å². The van der Waals surface area contributed by atoms with E-state index in [4.69, 9.17) is 13.9 Å². The molecule has 0 fully saturated rings. The third kappa shape index (κ3) is 5.68. The summed E-state index contributed by atoms with van der Waals surface area (Å²) in [4.78, 5) is 15.8. The van der Waals surface area contributed by atoms with Crippen LogP contribution in [0.25, 0.3) is 11.5 Å². The van der Waals surface area contributed by atoms with Gasteiger partial charge in [0.25, 0.3) is 0 Å². The molecule has 0 amide bonds. The van der Waals surface area contributed by atoms with Crippen LogP contribution in [0.5, 0.6) is 5.75 Å². The number of aliphatic carboxylic acids is 1. The lowest BCUT2D eigenvalue weighted by Gasteiger charge is -2.12. The van der Waals surface area contributed by atoms with Crippen molar-refractivity contribution >= 4 is 5.97 Å². The molecule has 1 unspecified atom stereocenters. The summed E-state index contributed by atoms with van der Waals surface area (Å²) in [6.07, 6.45) is 0.125. The molecule has 3 aromatic rings. The highest BCUT2D eigenvalue weighted by atomic mass is 16.5. The molecule has 2 aromatic carbocycles. The summed E-state index contributed by atoms with van der Waals surface area (Å²) < 4.78 is 16.8. The minimum Gasteiger partial charge on any atom is -0.493 e. The van der Waals surface area contributed by atoms with Gasteiger partial charge in [-0.2, -0.15) is 0 Å². The molecule has 6 nitrogen and oxygen atoms in total. The molecule has 1 heterocycles. The lowest BCUT2D eigenvalue weighted by atomic mass is 10.1. The van der Waals surface area contributed by atoms with E-state index in [2.05, 4.69) is 4.98 Å². The number of hydrogen-bond acceptors (Lipinski definition) is 5. The number of benzene rings is 2. The van der Waals surface area contributed by atoms with Crippen LogP contribution >= 0.6 is 0 Å². The molecule has 0 radical (unpaired) electrons. The molecule has 0 spiro atoms. The van der Waals surface area contributed by atoms with Crippen molar-refractivity contribution in [2.45, 2.75) is 32.8 Å². The van der Waals surface area contributed by atoms with Crippen LogP contribution in [0.2, 0.25) is 0 Å². The maximum Gasteiger partial charge on any atom is 0.333 e. The van der Waals surface area contributed by atoms with Crippen LogP contribution in [-0.2, 0) is 22.4 Å². The lowest BCUT2D eigenvalue weighted by Crippen LogP contribution is -2.26. The summed E-state index contributed by atoms with van der Waals surface area (Å²) in [6, 6.07) is 17.2. The number of nitrogens with zero attached hydrogens (tertiary/aromatic N) is 1. The Morgan fingerprint density at radius 1 is 1.14 bits per heavy atom. The molecular weight excluding hydrogens is 370 g/mol. The maximum atomic E-state index is 11.2. The number of carboxylic acid groups (broad SMARTS) is 1. The zero-order chi connectivity index (χ0) is 20.6. The monoisotopic (exact) mass is 395 g/mol. The first-order valence-electron chi connectivity index (χ1n) is 9.64. The summed E-state index contributed by atoms with van der Waals surface area (Å²) in [6.45, 7) is 4.52. The average molecular weight is 395 g/mol. The van der Waals surface area contributed by atoms with Gasteiger partial charge in [0.05, 0.1) is 12.3 Å². The van der Waals surface area contributed by atoms with Crippen molar-refractivity contribution in [2.75, 3.05) is 13.2 Å². The second kappa shape index (κ2) is 9.89. The Hall–Kier alpha value is -3.12. The van der Waals surface area contributed by atoms with Crippen LogP contribution in [0.4, 0.5) is 0 Å². The van der Waals surface area contributed by atoms with E-state index in [1.165, 1.54) is 0 Å². The van der Waals surface area contributed by atoms with E-state index in [0.29, 0.717) is 31.9 Å². The second-order valence-corrected chi connectivity index (χ2v) is 6.62. The normalized spacial score (nSPS) is 11.9. The van der Waals surface area contributed by atoms with Gasteiger partial charge < -0.3 is 19.0 Å². The largest absolute Gasteiger partial charge is 0.493 e. The van der Waals surface area contributed by atoms with E-state index in [0.717, 1.165) is 28.3 Å². The van der Waals surface area contributed by atoms with Gasteiger partial charge in [0, 0.05) is 25.0 Å². The van der Waals surface area contributed by atoms with Gasteiger partial charge in [-0.05, 0) is 43.7 Å². The Kier molecular flexibility index (Phi) is 7.03. The molecular formula is C23H25NO5. The summed E-state index contributed by atoms with van der Waals surface area (Å²) in [5, 5.41) is 9.18. The van der Waals surface area contributed by atoms with Crippen LogP contribution in [0.1, 0.15) is 23.9 Å². The predicted octanol–water partition coefficient (Wildman–Crippen LogP) is 4.30. The first-order valence-corrected chi connectivity index (χ1v) is 9.64. The van der Waals surface area contributed by atoms with Gasteiger partial charge in [-0.25, -0.2) is 9.78 Å². The Morgan fingerprint density at radius 3 is 2.52 bits per heavy atom. The molecule has 1 aromatic heterocycles. The molecule has 0 saturated heterocycles. The zero-order valence-electron chi connectivity index (χ0n) is 16.6. The molecule has 152 valence electrons. The fraction of sp³-hybridized carbons (Fsp3) is 0.304. The smallest absolute Gasteiger partial charge is 0.333 e. The van der Waals surface area contributed by atoms with Gasteiger partial charge in [0.15, 0.2) is 6.10 Å². The Labute approximate surface area is 170 Å². The van der Waals surface area contributed by atoms with Crippen molar-refractivity contribution in [3.05, 3.63) is 71.6 Å². The van der Waals surface area contributed by atoms with Crippen LogP contribution in [0.15, 0.2) is 59.0 Å². The van der Waals surface area contributed by atoms with E-state index < -0.39 is 12.1 Å². The van der Waals surface area contributed by atoms with Crippen molar-refractivity contribution in [3.63, 3.8) is 0 Å². The fourth-order valence-corrected chi connectivity index (χ4v) is 2.98. The van der Waals surface area contributed by atoms with Crippen LogP contribution < -0.4 is 4.74 Å². The fourth-order valence-electron chi connectivity index (χ4n) is 2.98. The quantitative estimate of drug-likeness (QED) is 0.551. The van der Waals surface area contributed by atoms with E-state index in [-0.39, 0.29) is 0 Å². The van der Waals surface area contributed by atoms with Gasteiger partial charge in [-0.15, -0.1) is 0 Å². The van der Waals surface area contributed by atoms with E-state index >= 15 is 0 Å². The first-order chi connectivity index (χ1) is 14.1. The molecule has 0 saturated carbocycles. The number of oxazole rings is 1. The summed E-state index contributed by atoms with van der Waals surface area (Å²) in [7, 11) is 0. The molecule has 0 bridgehead atoms. The van der Waals surface area contributed by atoms with Crippen molar-refractivity contribution in [3.8, 4) is 17.2 Å². The highest BCUT2D eigenvalue weighted by molar-refractivity contribution is 5.72. The number of carboxylic acids is 1. The van der Waals surface area contributed by atoms with Gasteiger partial charge in [0.2, 0.25) is 5.89 Å². The average Bonchev–Trinajstić information content (AvgIpc) is 3.10. The first kappa shape index (κ1) is 20.6. The van der Waals surface area contributed by atoms with Crippen molar-refractivity contribution in [2.24, 2.45) is 0 Å². The standard InChI is InChI=1S/C23H25NO5/c1-3-27-21(23(25)26)15-17-9-11-19(12-10-17)28-14-13-20-16(2)29-22(24-20)18-7-5-4-6-8-18/h4-12,21H,3,13-15H2,1-2H3,(H,25,26). The van der Waals surface area contributed by atoms with Crippen LogP contribution in [0, 0.1) is 6.92 Å². The Balaban J connectivity index is 1.53. The van der Waals surface area contributed by atoms with E-state index in [9.17, 15) is 9.90 Å². The minimum absolute atomic E-state index is 0.323. The number of hydrogen-bond donors (Lipinski definition) is 1. The molecule has 0 aliphatic heterocycles. The zero-order valence-corrected chi connectivity index (χ0v) is 16.6. The van der Waals surface area contributed by atoms with E-state index in [1.54, 1.807) is 6.92 Å². The highest BCUT2D eigenvalue weighted by Gasteiger charge is 2.18. The number of aromatic nitrogens is 1. The lowest BCUT2D eigenvalue weighted by molar-refractivity contribution is -0.149. The summed E-state index contributed by atoms with van der Waals surface area (Å²) in [5.74, 6) is 1.18. The van der Waals surface area contributed by atoms with Crippen molar-refractivity contribution < 1.29 is 23.8 Å². The number of ether oxygens (including phenoxy) is 2.